The lowest BCUT2D eigenvalue weighted by molar-refractivity contribution is 0.510. The summed E-state index contributed by atoms with van der Waals surface area (Å²) in [6.45, 7) is 4.45. The van der Waals surface area contributed by atoms with Gasteiger partial charge in [-0.3, -0.25) is 0 Å². The molecule has 0 aromatic heterocycles. The number of unbranched alkanes of at least 4 members (excludes halogenated alkanes) is 3. The number of hydrogen-bond acceptors (Lipinski definition) is 1. The third-order valence-corrected chi connectivity index (χ3v) is 2.11. The molecule has 1 atom stereocenters. The van der Waals surface area contributed by atoms with Gasteiger partial charge < -0.3 is 5.73 Å². The van der Waals surface area contributed by atoms with Gasteiger partial charge in [0.15, 0.2) is 0 Å². The second-order valence-corrected chi connectivity index (χ2v) is 3.40. The van der Waals surface area contributed by atoms with Crippen LogP contribution in [-0.2, 0) is 0 Å². The first-order chi connectivity index (χ1) is 5.31. The molecule has 0 heterocycles. The van der Waals surface area contributed by atoms with Gasteiger partial charge in [0.2, 0.25) is 0 Å². The summed E-state index contributed by atoms with van der Waals surface area (Å²) in [7, 11) is 0. The Hall–Kier alpha value is -0.0400. The molecule has 0 aromatic carbocycles. The summed E-state index contributed by atoms with van der Waals surface area (Å²) in [5, 5.41) is 0. The van der Waals surface area contributed by atoms with Crippen LogP contribution in [-0.4, -0.2) is 6.04 Å². The molecular weight excluding hydrogens is 134 g/mol. The predicted octanol–water partition coefficient (Wildman–Crippen LogP) is 3.08. The molecule has 11 heavy (non-hydrogen) atoms. The molecule has 1 heteroatoms. The van der Waals surface area contributed by atoms with Gasteiger partial charge >= 0.3 is 0 Å². The summed E-state index contributed by atoms with van der Waals surface area (Å²) in [4.78, 5) is 0. The Morgan fingerprint density at radius 3 is 2.00 bits per heavy atom. The lowest BCUT2D eigenvalue weighted by Gasteiger charge is -2.09. The van der Waals surface area contributed by atoms with Gasteiger partial charge in [-0.25, -0.2) is 0 Å². The van der Waals surface area contributed by atoms with E-state index in [0.717, 1.165) is 0 Å². The minimum atomic E-state index is 0.474. The smallest absolute Gasteiger partial charge is 0.00388 e. The highest BCUT2D eigenvalue weighted by atomic mass is 14.6. The van der Waals surface area contributed by atoms with Crippen LogP contribution in [0, 0.1) is 0 Å². The number of hydrogen-bond donors (Lipinski definition) is 1. The fraction of sp³-hybridized carbons (Fsp3) is 1.00. The average molecular weight is 157 g/mol. The lowest BCUT2D eigenvalue weighted by atomic mass is 10.0. The summed E-state index contributed by atoms with van der Waals surface area (Å²) >= 11 is 0. The molecule has 2 N–H and O–H groups in total. The van der Waals surface area contributed by atoms with E-state index in [-0.39, 0.29) is 0 Å². The van der Waals surface area contributed by atoms with Crippen molar-refractivity contribution < 1.29 is 0 Å². The molecule has 0 unspecified atom stereocenters. The molecule has 0 aliphatic carbocycles. The molecule has 0 aliphatic rings. The van der Waals surface area contributed by atoms with Crippen LogP contribution in [0.2, 0.25) is 0 Å². The van der Waals surface area contributed by atoms with Crippen molar-refractivity contribution in [2.75, 3.05) is 0 Å². The van der Waals surface area contributed by atoms with Crippen molar-refractivity contribution in [2.24, 2.45) is 5.73 Å². The van der Waals surface area contributed by atoms with Crippen LogP contribution in [0.25, 0.3) is 0 Å². The van der Waals surface area contributed by atoms with Gasteiger partial charge in [-0.15, -0.1) is 0 Å². The highest BCUT2D eigenvalue weighted by Crippen LogP contribution is 2.07. The van der Waals surface area contributed by atoms with Gasteiger partial charge in [-0.2, -0.15) is 0 Å². The Labute approximate surface area is 71.4 Å². The summed E-state index contributed by atoms with van der Waals surface area (Å²) < 4.78 is 0. The fourth-order valence-electron chi connectivity index (χ4n) is 1.27. The highest BCUT2D eigenvalue weighted by molar-refractivity contribution is 4.60. The zero-order chi connectivity index (χ0) is 8.53. The third kappa shape index (κ3) is 7.86. The largest absolute Gasteiger partial charge is 0.328 e. The molecule has 0 saturated carbocycles. The summed E-state index contributed by atoms with van der Waals surface area (Å²) in [5.41, 5.74) is 5.90. The van der Waals surface area contributed by atoms with E-state index >= 15 is 0 Å². The van der Waals surface area contributed by atoms with Crippen molar-refractivity contribution in [3.63, 3.8) is 0 Å². The standard InChI is InChI=1S/C10H23N/c1-3-5-7-9-10(11)8-6-4-2/h10H,3-9,11H2,1-2H3/t10-/m1/s1. The minimum Gasteiger partial charge on any atom is -0.328 e. The zero-order valence-electron chi connectivity index (χ0n) is 8.10. The van der Waals surface area contributed by atoms with Crippen LogP contribution in [0.15, 0.2) is 0 Å². The molecule has 0 aliphatic heterocycles. The second kappa shape index (κ2) is 8.06. The highest BCUT2D eigenvalue weighted by Gasteiger charge is 1.99. The van der Waals surface area contributed by atoms with Gasteiger partial charge in [-0.05, 0) is 12.8 Å². The number of rotatable bonds is 7. The van der Waals surface area contributed by atoms with Crippen molar-refractivity contribution in [3.05, 3.63) is 0 Å². The Morgan fingerprint density at radius 1 is 0.909 bits per heavy atom. The van der Waals surface area contributed by atoms with E-state index in [1.807, 2.05) is 0 Å². The normalized spacial score (nSPS) is 13.4. The topological polar surface area (TPSA) is 26.0 Å². The molecule has 0 rings (SSSR count). The van der Waals surface area contributed by atoms with E-state index in [4.69, 9.17) is 5.73 Å². The number of nitrogens with two attached hydrogens (primary N) is 1. The van der Waals surface area contributed by atoms with Gasteiger partial charge in [0, 0.05) is 6.04 Å². The van der Waals surface area contributed by atoms with Crippen LogP contribution in [0.4, 0.5) is 0 Å². The molecule has 0 saturated heterocycles. The first kappa shape index (κ1) is 11.0. The van der Waals surface area contributed by atoms with Crippen LogP contribution in [0.3, 0.4) is 0 Å². The maximum Gasteiger partial charge on any atom is 0.00388 e. The van der Waals surface area contributed by atoms with E-state index < -0.39 is 0 Å². The Kier molecular flexibility index (Phi) is 8.03. The van der Waals surface area contributed by atoms with E-state index in [1.165, 1.54) is 44.9 Å². The molecule has 0 aromatic rings. The summed E-state index contributed by atoms with van der Waals surface area (Å²) in [5.74, 6) is 0. The van der Waals surface area contributed by atoms with Gasteiger partial charge in [0.05, 0.1) is 0 Å². The zero-order valence-corrected chi connectivity index (χ0v) is 8.10. The summed E-state index contributed by atoms with van der Waals surface area (Å²) in [6, 6.07) is 0.474. The van der Waals surface area contributed by atoms with Crippen molar-refractivity contribution >= 4 is 0 Å². The quantitative estimate of drug-likeness (QED) is 0.565. The maximum atomic E-state index is 5.90. The molecule has 1 nitrogen and oxygen atoms in total. The first-order valence-corrected chi connectivity index (χ1v) is 5.06. The summed E-state index contributed by atoms with van der Waals surface area (Å²) in [6.07, 6.45) is 9.00. The molecule has 0 spiro atoms. The lowest BCUT2D eigenvalue weighted by Crippen LogP contribution is -2.19. The third-order valence-electron chi connectivity index (χ3n) is 2.11. The Morgan fingerprint density at radius 2 is 1.45 bits per heavy atom. The first-order valence-electron chi connectivity index (χ1n) is 5.06. The Bertz CT molecular complexity index is 71.3. The second-order valence-electron chi connectivity index (χ2n) is 3.40. The van der Waals surface area contributed by atoms with Crippen LogP contribution in [0.1, 0.15) is 58.8 Å². The molecule has 0 bridgehead atoms. The van der Waals surface area contributed by atoms with E-state index in [9.17, 15) is 0 Å². The SMILES string of the molecule is CCCCC[C@H](N)CCCC. The fourth-order valence-corrected chi connectivity index (χ4v) is 1.27. The van der Waals surface area contributed by atoms with Crippen LogP contribution in [0.5, 0.6) is 0 Å². The average Bonchev–Trinajstić information content (AvgIpc) is 2.01. The molecular formula is C10H23N. The van der Waals surface area contributed by atoms with Crippen molar-refractivity contribution in [1.82, 2.24) is 0 Å². The van der Waals surface area contributed by atoms with Crippen molar-refractivity contribution in [1.29, 1.82) is 0 Å². The maximum absolute atomic E-state index is 5.90. The molecule has 0 fully saturated rings. The van der Waals surface area contributed by atoms with Crippen molar-refractivity contribution in [2.45, 2.75) is 64.8 Å². The Balaban J connectivity index is 3.02. The monoisotopic (exact) mass is 157 g/mol. The van der Waals surface area contributed by atoms with Crippen LogP contribution >= 0.6 is 0 Å². The van der Waals surface area contributed by atoms with Crippen molar-refractivity contribution in [3.8, 4) is 0 Å². The molecule has 68 valence electrons. The molecule has 0 amide bonds. The van der Waals surface area contributed by atoms with Gasteiger partial charge in [0.25, 0.3) is 0 Å². The minimum absolute atomic E-state index is 0.474. The van der Waals surface area contributed by atoms with Gasteiger partial charge in [-0.1, -0.05) is 46.0 Å². The predicted molar refractivity (Wildman–Crippen MR) is 51.6 cm³/mol. The van der Waals surface area contributed by atoms with E-state index in [2.05, 4.69) is 13.8 Å². The molecule has 0 radical (unpaired) electrons. The van der Waals surface area contributed by atoms with E-state index in [0.29, 0.717) is 6.04 Å². The van der Waals surface area contributed by atoms with Gasteiger partial charge in [0.1, 0.15) is 0 Å². The van der Waals surface area contributed by atoms with E-state index in [1.54, 1.807) is 0 Å². The van der Waals surface area contributed by atoms with Crippen LogP contribution < -0.4 is 5.73 Å².